The van der Waals surface area contributed by atoms with Crippen LogP contribution in [0.2, 0.25) is 5.02 Å². The van der Waals surface area contributed by atoms with Crippen molar-refractivity contribution in [1.29, 1.82) is 0 Å². The Morgan fingerprint density at radius 2 is 1.65 bits per heavy atom. The van der Waals surface area contributed by atoms with Crippen LogP contribution in [-0.4, -0.2) is 54.8 Å². The molecule has 1 aromatic carbocycles. The Kier molecular flexibility index (Phi) is 4.36. The number of amides is 2. The average Bonchev–Trinajstić information content (AvgIpc) is 2.72. The molecule has 3 rings (SSSR count). The van der Waals surface area contributed by atoms with Gasteiger partial charge in [0.1, 0.15) is 10.7 Å². The van der Waals surface area contributed by atoms with Gasteiger partial charge < -0.3 is 9.80 Å². The number of benzene rings is 1. The van der Waals surface area contributed by atoms with E-state index >= 15 is 0 Å². The molecule has 2 aliphatic rings. The average molecular weight is 354 g/mol. The molecule has 0 radical (unpaired) electrons. The number of nitrogens with zero attached hydrogens (tertiary/aromatic N) is 3. The molecule has 0 bridgehead atoms. The number of anilines is 1. The fraction of sp³-hybridized carbons (Fsp3) is 0.375. The lowest BCUT2D eigenvalue weighted by Crippen LogP contribution is -2.46. The first kappa shape index (κ1) is 16.3. The van der Waals surface area contributed by atoms with Crippen LogP contribution in [0.15, 0.2) is 28.9 Å². The van der Waals surface area contributed by atoms with Crippen molar-refractivity contribution in [3.63, 3.8) is 0 Å². The second-order valence-electron chi connectivity index (χ2n) is 5.83. The van der Waals surface area contributed by atoms with Crippen molar-refractivity contribution in [3.05, 3.63) is 39.5 Å². The van der Waals surface area contributed by atoms with Crippen molar-refractivity contribution in [2.24, 2.45) is 0 Å². The zero-order chi connectivity index (χ0) is 16.7. The predicted molar refractivity (Wildman–Crippen MR) is 90.6 cm³/mol. The highest BCUT2D eigenvalue weighted by atomic mass is 35.5. The molecule has 2 aliphatic heterocycles. The highest BCUT2D eigenvalue weighted by Crippen LogP contribution is 2.34. The topological polar surface area (TPSA) is 43.9 Å². The van der Waals surface area contributed by atoms with E-state index < -0.39 is 5.91 Å². The molecule has 1 saturated heterocycles. The van der Waals surface area contributed by atoms with Gasteiger partial charge in [0.15, 0.2) is 0 Å². The molecule has 5 nitrogen and oxygen atoms in total. The fourth-order valence-electron chi connectivity index (χ4n) is 2.88. The maximum absolute atomic E-state index is 12.8. The van der Waals surface area contributed by atoms with E-state index in [1.54, 1.807) is 18.2 Å². The van der Waals surface area contributed by atoms with Gasteiger partial charge in [-0.15, -0.1) is 0 Å². The minimum absolute atomic E-state index is 0.00565. The Balaban J connectivity index is 1.93. The van der Waals surface area contributed by atoms with E-state index in [1.807, 2.05) is 18.9 Å². The first-order chi connectivity index (χ1) is 10.9. The van der Waals surface area contributed by atoms with E-state index in [1.165, 1.54) is 0 Å². The summed E-state index contributed by atoms with van der Waals surface area (Å²) in [6.45, 7) is 4.82. The molecule has 0 N–H and O–H groups in total. The van der Waals surface area contributed by atoms with E-state index in [2.05, 4.69) is 4.90 Å². The highest BCUT2D eigenvalue weighted by Gasteiger charge is 2.42. The Morgan fingerprint density at radius 3 is 2.26 bits per heavy atom. The molecule has 1 aromatic rings. The molecular formula is C16H17Cl2N3O2. The molecule has 1 fully saturated rings. The number of likely N-dealkylation sites (N-methyl/N-ethyl adjacent to an activating group) is 1. The summed E-state index contributed by atoms with van der Waals surface area (Å²) in [5, 5.41) is 0.553. The molecular weight excluding hydrogens is 337 g/mol. The summed E-state index contributed by atoms with van der Waals surface area (Å²) in [7, 11) is 2.03. The largest absolute Gasteiger partial charge is 0.363 e. The summed E-state index contributed by atoms with van der Waals surface area (Å²) in [6, 6.07) is 5.05. The normalized spacial score (nSPS) is 20.0. The van der Waals surface area contributed by atoms with Crippen LogP contribution in [0.4, 0.5) is 5.69 Å². The van der Waals surface area contributed by atoms with Crippen LogP contribution in [-0.2, 0) is 9.59 Å². The molecule has 2 amide bonds. The van der Waals surface area contributed by atoms with Crippen molar-refractivity contribution in [3.8, 4) is 0 Å². The first-order valence-electron chi connectivity index (χ1n) is 7.38. The van der Waals surface area contributed by atoms with Crippen molar-refractivity contribution in [1.82, 2.24) is 9.80 Å². The number of carbonyl (C=O) groups is 2. The third-order valence-electron chi connectivity index (χ3n) is 4.22. The Morgan fingerprint density at radius 1 is 1.00 bits per heavy atom. The number of piperazine rings is 1. The zero-order valence-corrected chi connectivity index (χ0v) is 14.5. The molecule has 0 saturated carbocycles. The number of aryl methyl sites for hydroxylation is 1. The summed E-state index contributed by atoms with van der Waals surface area (Å²) in [4.78, 5) is 30.5. The number of hydrogen-bond donors (Lipinski definition) is 0. The van der Waals surface area contributed by atoms with Crippen molar-refractivity contribution < 1.29 is 9.59 Å². The minimum Gasteiger partial charge on any atom is -0.363 e. The van der Waals surface area contributed by atoms with Crippen LogP contribution in [0, 0.1) is 6.92 Å². The Bertz CT molecular complexity index is 709. The van der Waals surface area contributed by atoms with Gasteiger partial charge in [0.25, 0.3) is 11.8 Å². The third-order valence-corrected chi connectivity index (χ3v) is 4.80. The van der Waals surface area contributed by atoms with Crippen molar-refractivity contribution in [2.45, 2.75) is 6.92 Å². The molecule has 23 heavy (non-hydrogen) atoms. The molecule has 0 spiro atoms. The van der Waals surface area contributed by atoms with Crippen LogP contribution in [0.3, 0.4) is 0 Å². The Labute approximate surface area is 145 Å². The van der Waals surface area contributed by atoms with Crippen LogP contribution in [0.1, 0.15) is 5.56 Å². The van der Waals surface area contributed by atoms with Crippen LogP contribution < -0.4 is 4.90 Å². The van der Waals surface area contributed by atoms with E-state index in [9.17, 15) is 9.59 Å². The van der Waals surface area contributed by atoms with Crippen molar-refractivity contribution in [2.75, 3.05) is 38.1 Å². The lowest BCUT2D eigenvalue weighted by Gasteiger charge is -2.34. The zero-order valence-electron chi connectivity index (χ0n) is 13.0. The smallest absolute Gasteiger partial charge is 0.283 e. The molecule has 0 atom stereocenters. The van der Waals surface area contributed by atoms with E-state index in [4.69, 9.17) is 23.2 Å². The SMILES string of the molecule is Cc1cc(Cl)ccc1N1C(=O)C(Cl)=C(N2CCN(C)CC2)C1=O. The second-order valence-corrected chi connectivity index (χ2v) is 6.64. The highest BCUT2D eigenvalue weighted by molar-refractivity contribution is 6.52. The second kappa shape index (κ2) is 6.15. The number of carbonyl (C=O) groups excluding carboxylic acids is 2. The van der Waals surface area contributed by atoms with Gasteiger partial charge in [0, 0.05) is 31.2 Å². The lowest BCUT2D eigenvalue weighted by molar-refractivity contribution is -0.121. The summed E-state index contributed by atoms with van der Waals surface area (Å²) < 4.78 is 0. The standard InChI is InChI=1S/C16H17Cl2N3O2/c1-10-9-11(17)3-4-12(10)21-15(22)13(18)14(16(21)23)20-7-5-19(2)6-8-20/h3-4,9H,5-8H2,1-2H3. The molecule has 0 aromatic heterocycles. The lowest BCUT2D eigenvalue weighted by atomic mass is 10.2. The first-order valence-corrected chi connectivity index (χ1v) is 8.14. The number of rotatable bonds is 2. The van der Waals surface area contributed by atoms with Gasteiger partial charge in [-0.1, -0.05) is 23.2 Å². The van der Waals surface area contributed by atoms with E-state index in [-0.39, 0.29) is 10.9 Å². The third kappa shape index (κ3) is 2.84. The number of hydrogen-bond acceptors (Lipinski definition) is 4. The van der Waals surface area contributed by atoms with Gasteiger partial charge in [-0.2, -0.15) is 0 Å². The summed E-state index contributed by atoms with van der Waals surface area (Å²) >= 11 is 12.2. The summed E-state index contributed by atoms with van der Waals surface area (Å²) in [5.41, 5.74) is 1.58. The van der Waals surface area contributed by atoms with E-state index in [0.717, 1.165) is 23.6 Å². The molecule has 0 unspecified atom stereocenters. The minimum atomic E-state index is -0.476. The molecule has 0 aliphatic carbocycles. The Hall–Kier alpha value is -1.56. The van der Waals surface area contributed by atoms with Gasteiger partial charge in [0.05, 0.1) is 5.69 Å². The van der Waals surface area contributed by atoms with Crippen LogP contribution in [0.25, 0.3) is 0 Å². The number of halogens is 2. The fourth-order valence-corrected chi connectivity index (χ4v) is 3.40. The monoisotopic (exact) mass is 353 g/mol. The van der Waals surface area contributed by atoms with Gasteiger partial charge >= 0.3 is 0 Å². The summed E-state index contributed by atoms with van der Waals surface area (Å²) in [5.74, 6) is -0.842. The van der Waals surface area contributed by atoms with E-state index in [0.29, 0.717) is 29.5 Å². The van der Waals surface area contributed by atoms with Gasteiger partial charge in [0.2, 0.25) is 0 Å². The molecule has 7 heteroatoms. The molecule has 2 heterocycles. The summed E-state index contributed by atoms with van der Waals surface area (Å²) in [6.07, 6.45) is 0. The van der Waals surface area contributed by atoms with Gasteiger partial charge in [-0.25, -0.2) is 4.90 Å². The van der Waals surface area contributed by atoms with Crippen LogP contribution in [0.5, 0.6) is 0 Å². The van der Waals surface area contributed by atoms with Crippen LogP contribution >= 0.6 is 23.2 Å². The number of imide groups is 1. The quantitative estimate of drug-likeness (QED) is 0.764. The van der Waals surface area contributed by atoms with Crippen molar-refractivity contribution >= 4 is 40.7 Å². The van der Waals surface area contributed by atoms with Gasteiger partial charge in [-0.3, -0.25) is 9.59 Å². The predicted octanol–water partition coefficient (Wildman–Crippen LogP) is 2.22. The maximum Gasteiger partial charge on any atom is 0.283 e. The molecule has 122 valence electrons. The van der Waals surface area contributed by atoms with Gasteiger partial charge in [-0.05, 0) is 37.7 Å². The maximum atomic E-state index is 12.8.